The first-order valence-corrected chi connectivity index (χ1v) is 9.07. The zero-order chi connectivity index (χ0) is 16.9. The lowest BCUT2D eigenvalue weighted by Crippen LogP contribution is -2.46. The van der Waals surface area contributed by atoms with Crippen LogP contribution in [0.4, 0.5) is 11.4 Å². The molecule has 5 nitrogen and oxygen atoms in total. The van der Waals surface area contributed by atoms with Crippen LogP contribution < -0.4 is 15.1 Å². The Labute approximate surface area is 149 Å². The summed E-state index contributed by atoms with van der Waals surface area (Å²) in [5.74, 6) is 0.835. The molecule has 0 radical (unpaired) electrons. The van der Waals surface area contributed by atoms with Crippen LogP contribution in [0.25, 0.3) is 0 Å². The molecule has 0 amide bonds. The van der Waals surface area contributed by atoms with E-state index in [4.69, 9.17) is 9.78 Å². The average molecular weight is 339 g/mol. The predicted molar refractivity (Wildman–Crippen MR) is 100 cm³/mol. The second-order valence-corrected chi connectivity index (χ2v) is 6.61. The number of nitrogens with one attached hydrogen (secondary N) is 1. The summed E-state index contributed by atoms with van der Waals surface area (Å²) in [5, 5.41) is 3.48. The second kappa shape index (κ2) is 7.76. The Morgan fingerprint density at radius 3 is 2.64 bits per heavy atom. The third-order valence-corrected chi connectivity index (χ3v) is 4.90. The molecular formula is C20H25N3O2. The normalized spacial score (nSPS) is 17.2. The van der Waals surface area contributed by atoms with Crippen LogP contribution in [0.5, 0.6) is 5.75 Å². The topological polar surface area (TPSA) is 37.0 Å². The number of benzene rings is 2. The van der Waals surface area contributed by atoms with Crippen LogP contribution in [-0.4, -0.2) is 44.2 Å². The zero-order valence-electron chi connectivity index (χ0n) is 14.5. The van der Waals surface area contributed by atoms with Gasteiger partial charge in [-0.05, 0) is 31.2 Å². The fourth-order valence-electron chi connectivity index (χ4n) is 3.42. The quantitative estimate of drug-likeness (QED) is 0.646. The minimum atomic E-state index is 0.546. The lowest BCUT2D eigenvalue weighted by atomic mass is 10.2. The minimum Gasteiger partial charge on any atom is -0.385 e. The molecule has 0 atom stereocenters. The summed E-state index contributed by atoms with van der Waals surface area (Å²) >= 11 is 0. The van der Waals surface area contributed by atoms with Gasteiger partial charge in [0.05, 0.1) is 0 Å². The first kappa shape index (κ1) is 16.2. The van der Waals surface area contributed by atoms with Gasteiger partial charge in [0, 0.05) is 55.7 Å². The summed E-state index contributed by atoms with van der Waals surface area (Å²) < 4.78 is 0. The Balaban J connectivity index is 1.16. The number of nitrogens with zero attached hydrogens (tertiary/aromatic N) is 2. The summed E-state index contributed by atoms with van der Waals surface area (Å²) in [6, 6.07) is 16.9. The summed E-state index contributed by atoms with van der Waals surface area (Å²) in [5.41, 5.74) is 3.55. The third-order valence-electron chi connectivity index (χ3n) is 4.90. The molecule has 4 rings (SSSR count). The summed E-state index contributed by atoms with van der Waals surface area (Å²) in [6.07, 6.45) is 1.14. The predicted octanol–water partition coefficient (Wildman–Crippen LogP) is 3.13. The molecule has 0 aliphatic carbocycles. The SMILES string of the molecule is c1ccc(N2CCN(CCCNc3ccc4c(c3)OOC4)CC2)cc1. The molecule has 0 saturated carbocycles. The standard InChI is InChI=1S/C20H25N3O2/c1-2-5-19(6-3-1)23-13-11-22(12-14-23)10-4-9-21-18-8-7-17-16-24-25-20(17)15-18/h1-3,5-8,15,21H,4,9-14,16H2. The molecule has 1 fully saturated rings. The molecule has 132 valence electrons. The van der Waals surface area contributed by atoms with Crippen molar-refractivity contribution in [3.63, 3.8) is 0 Å². The van der Waals surface area contributed by atoms with E-state index in [9.17, 15) is 0 Å². The van der Waals surface area contributed by atoms with Crippen molar-refractivity contribution in [1.82, 2.24) is 4.90 Å². The maximum atomic E-state index is 5.13. The number of para-hydroxylation sites is 1. The molecule has 0 unspecified atom stereocenters. The van der Waals surface area contributed by atoms with E-state index in [1.54, 1.807) is 0 Å². The van der Waals surface area contributed by atoms with Crippen molar-refractivity contribution in [2.24, 2.45) is 0 Å². The number of rotatable bonds is 6. The van der Waals surface area contributed by atoms with Crippen molar-refractivity contribution in [2.45, 2.75) is 13.0 Å². The molecule has 2 aliphatic rings. The molecule has 0 spiro atoms. The Bertz CT molecular complexity index is 685. The maximum Gasteiger partial charge on any atom is 0.173 e. The Morgan fingerprint density at radius 2 is 1.80 bits per heavy atom. The van der Waals surface area contributed by atoms with Crippen molar-refractivity contribution in [3.8, 4) is 5.75 Å². The van der Waals surface area contributed by atoms with Crippen molar-refractivity contribution < 1.29 is 9.78 Å². The molecule has 2 aromatic carbocycles. The monoisotopic (exact) mass is 339 g/mol. The van der Waals surface area contributed by atoms with Gasteiger partial charge in [0.25, 0.3) is 0 Å². The van der Waals surface area contributed by atoms with Gasteiger partial charge in [0.15, 0.2) is 5.75 Å². The van der Waals surface area contributed by atoms with E-state index >= 15 is 0 Å². The molecule has 2 aliphatic heterocycles. The van der Waals surface area contributed by atoms with Gasteiger partial charge in [-0.25, -0.2) is 0 Å². The fraction of sp³-hybridized carbons (Fsp3) is 0.400. The third kappa shape index (κ3) is 4.06. The highest BCUT2D eigenvalue weighted by Gasteiger charge is 2.17. The lowest BCUT2D eigenvalue weighted by Gasteiger charge is -2.36. The molecule has 0 aromatic heterocycles. The fourth-order valence-corrected chi connectivity index (χ4v) is 3.42. The summed E-state index contributed by atoms with van der Waals surface area (Å²) in [6.45, 7) is 7.15. The molecule has 1 saturated heterocycles. The Hall–Kier alpha value is -2.24. The number of anilines is 2. The van der Waals surface area contributed by atoms with Crippen LogP contribution in [0.2, 0.25) is 0 Å². The van der Waals surface area contributed by atoms with Gasteiger partial charge in [-0.15, -0.1) is 0 Å². The van der Waals surface area contributed by atoms with Gasteiger partial charge in [0.2, 0.25) is 0 Å². The van der Waals surface area contributed by atoms with E-state index in [0.29, 0.717) is 6.61 Å². The van der Waals surface area contributed by atoms with Crippen molar-refractivity contribution >= 4 is 11.4 Å². The van der Waals surface area contributed by atoms with E-state index in [0.717, 1.165) is 62.7 Å². The first-order valence-electron chi connectivity index (χ1n) is 9.07. The number of hydrogen-bond donors (Lipinski definition) is 1. The van der Waals surface area contributed by atoms with E-state index in [1.165, 1.54) is 5.69 Å². The Morgan fingerprint density at radius 1 is 0.960 bits per heavy atom. The molecule has 2 heterocycles. The number of piperazine rings is 1. The van der Waals surface area contributed by atoms with Gasteiger partial charge in [0.1, 0.15) is 6.61 Å². The van der Waals surface area contributed by atoms with E-state index in [-0.39, 0.29) is 0 Å². The smallest absolute Gasteiger partial charge is 0.173 e. The van der Waals surface area contributed by atoms with E-state index < -0.39 is 0 Å². The van der Waals surface area contributed by atoms with Gasteiger partial charge in [-0.1, -0.05) is 24.3 Å². The van der Waals surface area contributed by atoms with Gasteiger partial charge >= 0.3 is 0 Å². The highest BCUT2D eigenvalue weighted by Crippen LogP contribution is 2.28. The molecular weight excluding hydrogens is 314 g/mol. The van der Waals surface area contributed by atoms with Crippen LogP contribution >= 0.6 is 0 Å². The highest BCUT2D eigenvalue weighted by molar-refractivity contribution is 5.52. The summed E-state index contributed by atoms with van der Waals surface area (Å²) in [4.78, 5) is 15.1. The van der Waals surface area contributed by atoms with Gasteiger partial charge < -0.3 is 15.1 Å². The average Bonchev–Trinajstić information content (AvgIpc) is 3.14. The molecule has 25 heavy (non-hydrogen) atoms. The van der Waals surface area contributed by atoms with Crippen LogP contribution in [0.1, 0.15) is 12.0 Å². The van der Waals surface area contributed by atoms with E-state index in [1.807, 2.05) is 6.07 Å². The Kier molecular flexibility index (Phi) is 5.04. The number of hydrogen-bond acceptors (Lipinski definition) is 5. The van der Waals surface area contributed by atoms with Crippen LogP contribution in [0.15, 0.2) is 48.5 Å². The highest BCUT2D eigenvalue weighted by atomic mass is 17.2. The van der Waals surface area contributed by atoms with Gasteiger partial charge in [-0.2, -0.15) is 4.89 Å². The van der Waals surface area contributed by atoms with Crippen LogP contribution in [0, 0.1) is 0 Å². The molecule has 1 N–H and O–H groups in total. The molecule has 2 aromatic rings. The largest absolute Gasteiger partial charge is 0.385 e. The van der Waals surface area contributed by atoms with Crippen molar-refractivity contribution in [1.29, 1.82) is 0 Å². The summed E-state index contributed by atoms with van der Waals surface area (Å²) in [7, 11) is 0. The van der Waals surface area contributed by atoms with Crippen LogP contribution in [-0.2, 0) is 11.5 Å². The lowest BCUT2D eigenvalue weighted by molar-refractivity contribution is -0.194. The van der Waals surface area contributed by atoms with Crippen molar-refractivity contribution in [2.75, 3.05) is 49.5 Å². The zero-order valence-corrected chi connectivity index (χ0v) is 14.5. The number of fused-ring (bicyclic) bond motifs is 1. The van der Waals surface area contributed by atoms with E-state index in [2.05, 4.69) is 57.6 Å². The first-order chi connectivity index (χ1) is 12.4. The minimum absolute atomic E-state index is 0.546. The van der Waals surface area contributed by atoms with Crippen molar-refractivity contribution in [3.05, 3.63) is 54.1 Å². The van der Waals surface area contributed by atoms with Gasteiger partial charge in [-0.3, -0.25) is 4.90 Å². The molecule has 5 heteroatoms. The molecule has 0 bridgehead atoms. The maximum absolute atomic E-state index is 5.13. The second-order valence-electron chi connectivity index (χ2n) is 6.61. The van der Waals surface area contributed by atoms with Crippen LogP contribution in [0.3, 0.4) is 0 Å².